The van der Waals surface area contributed by atoms with Crippen LogP contribution in [-0.4, -0.2) is 65.7 Å². The van der Waals surface area contributed by atoms with Gasteiger partial charge in [0.2, 0.25) is 17.8 Å². The summed E-state index contributed by atoms with van der Waals surface area (Å²) >= 11 is 0. The summed E-state index contributed by atoms with van der Waals surface area (Å²) in [7, 11) is 3.51. The quantitative estimate of drug-likeness (QED) is 0.573. The molecule has 0 bridgehead atoms. The van der Waals surface area contributed by atoms with Gasteiger partial charge in [-0.1, -0.05) is 26.2 Å². The van der Waals surface area contributed by atoms with Gasteiger partial charge in [-0.3, -0.25) is 4.90 Å². The molecule has 9 heteroatoms. The molecule has 180 valence electrons. The van der Waals surface area contributed by atoms with Gasteiger partial charge in [0.25, 0.3) is 0 Å². The van der Waals surface area contributed by atoms with E-state index in [1.165, 1.54) is 45.3 Å². The van der Waals surface area contributed by atoms with Crippen molar-refractivity contribution in [2.24, 2.45) is 0 Å². The van der Waals surface area contributed by atoms with Gasteiger partial charge in [0.05, 0.1) is 7.11 Å². The minimum atomic E-state index is -0.435. The first-order chi connectivity index (χ1) is 16.1. The standard InChI is InChI=1S/C24H36FN7O/c1-4-32-14-8-11-19(32)16-26-22-28-23(27-17-12-13-21(33-3)20(25)15-17)30-24(29-22)31(2)18-9-6-5-7-10-18/h12-13,15,18-19H,4-11,14,16H2,1-3H3,(H2,26,27,28,29,30). The maximum atomic E-state index is 14.2. The topological polar surface area (TPSA) is 78.4 Å². The van der Waals surface area contributed by atoms with Crippen LogP contribution in [0.5, 0.6) is 5.75 Å². The molecule has 1 aliphatic carbocycles. The monoisotopic (exact) mass is 457 g/mol. The number of rotatable bonds is 9. The highest BCUT2D eigenvalue weighted by Gasteiger charge is 2.24. The molecule has 1 aliphatic heterocycles. The Kier molecular flexibility index (Phi) is 7.80. The van der Waals surface area contributed by atoms with E-state index in [2.05, 4.69) is 44.4 Å². The van der Waals surface area contributed by atoms with E-state index >= 15 is 0 Å². The third kappa shape index (κ3) is 5.82. The lowest BCUT2D eigenvalue weighted by molar-refractivity contribution is 0.277. The Morgan fingerprint density at radius 3 is 2.61 bits per heavy atom. The lowest BCUT2D eigenvalue weighted by Crippen LogP contribution is -2.36. The lowest BCUT2D eigenvalue weighted by atomic mass is 9.95. The van der Waals surface area contributed by atoms with E-state index in [9.17, 15) is 4.39 Å². The van der Waals surface area contributed by atoms with Gasteiger partial charge in [0.15, 0.2) is 11.6 Å². The van der Waals surface area contributed by atoms with Gasteiger partial charge < -0.3 is 20.3 Å². The first-order valence-corrected chi connectivity index (χ1v) is 12.1. The van der Waals surface area contributed by atoms with Gasteiger partial charge in [0.1, 0.15) is 0 Å². The van der Waals surface area contributed by atoms with Gasteiger partial charge in [-0.15, -0.1) is 0 Å². The van der Waals surface area contributed by atoms with Crippen molar-refractivity contribution in [3.05, 3.63) is 24.0 Å². The molecule has 1 atom stereocenters. The van der Waals surface area contributed by atoms with Crippen LogP contribution in [0.1, 0.15) is 51.9 Å². The summed E-state index contributed by atoms with van der Waals surface area (Å²) in [5.74, 6) is 1.34. The van der Waals surface area contributed by atoms with Gasteiger partial charge >= 0.3 is 0 Å². The molecular formula is C24H36FN7O. The van der Waals surface area contributed by atoms with Crippen molar-refractivity contribution in [3.8, 4) is 5.75 Å². The molecule has 0 spiro atoms. The van der Waals surface area contributed by atoms with Crippen LogP contribution in [0.2, 0.25) is 0 Å². The average molecular weight is 458 g/mol. The Morgan fingerprint density at radius 2 is 1.88 bits per heavy atom. The molecule has 2 heterocycles. The van der Waals surface area contributed by atoms with E-state index < -0.39 is 5.82 Å². The minimum absolute atomic E-state index is 0.202. The Bertz CT molecular complexity index is 922. The molecule has 1 aromatic heterocycles. The highest BCUT2D eigenvalue weighted by atomic mass is 19.1. The summed E-state index contributed by atoms with van der Waals surface area (Å²) in [6, 6.07) is 5.63. The summed E-state index contributed by atoms with van der Waals surface area (Å²) in [6.07, 6.45) is 8.45. The summed E-state index contributed by atoms with van der Waals surface area (Å²) in [5.41, 5.74) is 0.560. The van der Waals surface area contributed by atoms with Crippen molar-refractivity contribution in [3.63, 3.8) is 0 Å². The molecule has 0 amide bonds. The molecule has 1 unspecified atom stereocenters. The van der Waals surface area contributed by atoms with Crippen molar-refractivity contribution in [2.75, 3.05) is 49.3 Å². The lowest BCUT2D eigenvalue weighted by Gasteiger charge is -2.31. The first kappa shape index (κ1) is 23.5. The second-order valence-electron chi connectivity index (χ2n) is 8.97. The zero-order chi connectivity index (χ0) is 23.2. The molecule has 2 fully saturated rings. The Balaban J connectivity index is 1.56. The number of aromatic nitrogens is 3. The Morgan fingerprint density at radius 1 is 1.09 bits per heavy atom. The van der Waals surface area contributed by atoms with E-state index in [1.54, 1.807) is 12.1 Å². The highest BCUT2D eigenvalue weighted by Crippen LogP contribution is 2.27. The maximum absolute atomic E-state index is 14.2. The molecule has 2 N–H and O–H groups in total. The number of hydrogen-bond acceptors (Lipinski definition) is 8. The Labute approximate surface area is 196 Å². The van der Waals surface area contributed by atoms with Crippen LogP contribution in [-0.2, 0) is 0 Å². The highest BCUT2D eigenvalue weighted by molar-refractivity contribution is 5.57. The van der Waals surface area contributed by atoms with Crippen LogP contribution in [0.15, 0.2) is 18.2 Å². The molecule has 2 aromatic rings. The zero-order valence-corrected chi connectivity index (χ0v) is 20.0. The van der Waals surface area contributed by atoms with Crippen LogP contribution in [0.3, 0.4) is 0 Å². The van der Waals surface area contributed by atoms with Crippen molar-refractivity contribution < 1.29 is 9.13 Å². The molecule has 2 aliphatic rings. The van der Waals surface area contributed by atoms with Crippen molar-refractivity contribution in [1.29, 1.82) is 0 Å². The van der Waals surface area contributed by atoms with Crippen LogP contribution < -0.4 is 20.3 Å². The van der Waals surface area contributed by atoms with E-state index in [1.807, 2.05) is 0 Å². The second kappa shape index (κ2) is 11.0. The largest absolute Gasteiger partial charge is 0.494 e. The Hall–Kier alpha value is -2.68. The number of anilines is 4. The molecule has 1 saturated carbocycles. The van der Waals surface area contributed by atoms with Gasteiger partial charge in [-0.25, -0.2) is 4.39 Å². The summed E-state index contributed by atoms with van der Waals surface area (Å²) < 4.78 is 19.2. The van der Waals surface area contributed by atoms with Crippen LogP contribution in [0.25, 0.3) is 0 Å². The normalized spacial score (nSPS) is 19.5. The number of likely N-dealkylation sites (tertiary alicyclic amines) is 1. The third-order valence-corrected chi connectivity index (χ3v) is 6.87. The predicted molar refractivity (Wildman–Crippen MR) is 130 cm³/mol. The fourth-order valence-electron chi connectivity index (χ4n) is 4.91. The molecule has 1 aromatic carbocycles. The van der Waals surface area contributed by atoms with Crippen LogP contribution in [0.4, 0.5) is 27.9 Å². The van der Waals surface area contributed by atoms with E-state index in [0.717, 1.165) is 32.5 Å². The number of likely N-dealkylation sites (N-methyl/N-ethyl adjacent to an activating group) is 1. The SMILES string of the molecule is CCN1CCCC1CNc1nc(Nc2ccc(OC)c(F)c2)nc(N(C)C2CCCCC2)n1. The van der Waals surface area contributed by atoms with Crippen molar-refractivity contribution in [2.45, 2.75) is 64.0 Å². The summed E-state index contributed by atoms with van der Waals surface area (Å²) in [4.78, 5) is 18.7. The van der Waals surface area contributed by atoms with Crippen LogP contribution in [0, 0.1) is 5.82 Å². The zero-order valence-electron chi connectivity index (χ0n) is 20.0. The number of methoxy groups -OCH3 is 1. The number of benzene rings is 1. The summed E-state index contributed by atoms with van der Waals surface area (Å²) in [5, 5.41) is 6.59. The molecule has 33 heavy (non-hydrogen) atoms. The van der Waals surface area contributed by atoms with E-state index in [4.69, 9.17) is 9.72 Å². The minimum Gasteiger partial charge on any atom is -0.494 e. The maximum Gasteiger partial charge on any atom is 0.233 e. The van der Waals surface area contributed by atoms with Crippen LogP contribution >= 0.6 is 0 Å². The van der Waals surface area contributed by atoms with Crippen molar-refractivity contribution in [1.82, 2.24) is 19.9 Å². The van der Waals surface area contributed by atoms with Crippen molar-refractivity contribution >= 4 is 23.5 Å². The fraction of sp³-hybridized carbons (Fsp3) is 0.625. The fourth-order valence-corrected chi connectivity index (χ4v) is 4.91. The van der Waals surface area contributed by atoms with Gasteiger partial charge in [-0.2, -0.15) is 15.0 Å². The molecule has 8 nitrogen and oxygen atoms in total. The van der Waals surface area contributed by atoms with E-state index in [-0.39, 0.29) is 5.75 Å². The van der Waals surface area contributed by atoms with E-state index in [0.29, 0.717) is 35.6 Å². The second-order valence-corrected chi connectivity index (χ2v) is 8.97. The smallest absolute Gasteiger partial charge is 0.233 e. The third-order valence-electron chi connectivity index (χ3n) is 6.87. The summed E-state index contributed by atoms with van der Waals surface area (Å²) in [6.45, 7) is 5.19. The average Bonchev–Trinajstić information content (AvgIpc) is 3.30. The molecule has 0 radical (unpaired) electrons. The van der Waals surface area contributed by atoms with Gasteiger partial charge in [0, 0.05) is 37.4 Å². The number of hydrogen-bond donors (Lipinski definition) is 2. The molecule has 4 rings (SSSR count). The number of nitrogens with zero attached hydrogens (tertiary/aromatic N) is 5. The number of halogens is 1. The molecule has 1 saturated heterocycles. The number of ether oxygens (including phenoxy) is 1. The molecular weight excluding hydrogens is 421 g/mol. The number of nitrogens with one attached hydrogen (secondary N) is 2. The van der Waals surface area contributed by atoms with Gasteiger partial charge in [-0.05, 0) is 50.9 Å². The predicted octanol–water partition coefficient (Wildman–Crippen LogP) is 4.43. The first-order valence-electron chi connectivity index (χ1n) is 12.1.